The largest absolute Gasteiger partial charge is 0.399 e. The minimum atomic E-state index is -3.90. The van der Waals surface area contributed by atoms with E-state index in [0.717, 1.165) is 17.4 Å². The van der Waals surface area contributed by atoms with Crippen molar-refractivity contribution < 1.29 is 12.8 Å². The van der Waals surface area contributed by atoms with E-state index in [-0.39, 0.29) is 21.3 Å². The molecule has 0 aliphatic carbocycles. The van der Waals surface area contributed by atoms with Gasteiger partial charge in [-0.2, -0.15) is 0 Å². The minimum absolute atomic E-state index is 0.0231. The number of benzene rings is 1. The second-order valence-electron chi connectivity index (χ2n) is 4.03. The summed E-state index contributed by atoms with van der Waals surface area (Å²) in [6.45, 7) is 3.14. The summed E-state index contributed by atoms with van der Waals surface area (Å²) in [5.41, 5.74) is 6.26. The molecule has 1 heterocycles. The van der Waals surface area contributed by atoms with Crippen LogP contribution in [-0.2, 0) is 10.0 Å². The Morgan fingerprint density at radius 2 is 2.05 bits per heavy atom. The molecule has 0 bridgehead atoms. The molecule has 8 heteroatoms. The lowest BCUT2D eigenvalue weighted by Gasteiger charge is -2.09. The fourth-order valence-electron chi connectivity index (χ4n) is 1.52. The van der Waals surface area contributed by atoms with Gasteiger partial charge >= 0.3 is 0 Å². The maximum atomic E-state index is 13.5. The third-order valence-corrected chi connectivity index (χ3v) is 4.92. The minimum Gasteiger partial charge on any atom is -0.399 e. The van der Waals surface area contributed by atoms with Gasteiger partial charge in [-0.3, -0.25) is 4.72 Å². The number of hydrogen-bond acceptors (Lipinski definition) is 5. The molecule has 0 spiro atoms. The highest BCUT2D eigenvalue weighted by atomic mass is 32.2. The van der Waals surface area contributed by atoms with E-state index >= 15 is 0 Å². The van der Waals surface area contributed by atoms with E-state index in [1.165, 1.54) is 13.0 Å². The second-order valence-corrected chi connectivity index (χ2v) is 6.53. The van der Waals surface area contributed by atoms with Crippen molar-refractivity contribution in [1.29, 1.82) is 0 Å². The van der Waals surface area contributed by atoms with Crippen LogP contribution in [0, 0.1) is 19.7 Å². The number of nitrogens with one attached hydrogen (secondary N) is 1. The van der Waals surface area contributed by atoms with Gasteiger partial charge < -0.3 is 5.73 Å². The third kappa shape index (κ3) is 2.85. The van der Waals surface area contributed by atoms with Crippen LogP contribution in [0.2, 0.25) is 0 Å². The predicted octanol–water partition coefficient (Wildman–Crippen LogP) is 2.28. The lowest BCUT2D eigenvalue weighted by atomic mass is 10.2. The number of hydrogen-bond donors (Lipinski definition) is 2. The lowest BCUT2D eigenvalue weighted by molar-refractivity contribution is 0.591. The van der Waals surface area contributed by atoms with Gasteiger partial charge in [0.1, 0.15) is 5.82 Å². The van der Waals surface area contributed by atoms with Crippen LogP contribution in [-0.4, -0.2) is 13.4 Å². The molecule has 0 saturated carbocycles. The van der Waals surface area contributed by atoms with Crippen LogP contribution >= 0.6 is 11.3 Å². The monoisotopic (exact) mass is 301 g/mol. The highest BCUT2D eigenvalue weighted by Gasteiger charge is 2.21. The smallest absolute Gasteiger partial charge is 0.264 e. The van der Waals surface area contributed by atoms with Crippen LogP contribution in [0.1, 0.15) is 11.3 Å². The fourth-order valence-corrected chi connectivity index (χ4v) is 3.75. The molecule has 102 valence electrons. The van der Waals surface area contributed by atoms with Gasteiger partial charge in [-0.25, -0.2) is 17.8 Å². The van der Waals surface area contributed by atoms with Crippen LogP contribution in [0.4, 0.5) is 15.2 Å². The fraction of sp³-hybridized carbons (Fsp3) is 0.182. The summed E-state index contributed by atoms with van der Waals surface area (Å²) in [6, 6.07) is 2.31. The molecular weight excluding hydrogens is 289 g/mol. The Kier molecular flexibility index (Phi) is 3.46. The third-order valence-electron chi connectivity index (χ3n) is 2.45. The van der Waals surface area contributed by atoms with E-state index in [1.807, 2.05) is 0 Å². The number of thiazole rings is 1. The van der Waals surface area contributed by atoms with E-state index in [9.17, 15) is 12.8 Å². The SMILES string of the molecule is Cc1csc(NS(=O)(=O)c2cc(N)cc(F)c2C)n1. The van der Waals surface area contributed by atoms with Crippen LogP contribution in [0.3, 0.4) is 0 Å². The molecule has 0 aliphatic rings. The molecule has 0 atom stereocenters. The number of anilines is 2. The molecule has 3 N–H and O–H groups in total. The van der Waals surface area contributed by atoms with Crippen molar-refractivity contribution in [3.05, 3.63) is 34.6 Å². The summed E-state index contributed by atoms with van der Waals surface area (Å²) in [5.74, 6) is -0.657. The number of nitrogens with zero attached hydrogens (tertiary/aromatic N) is 1. The quantitative estimate of drug-likeness (QED) is 0.852. The van der Waals surface area contributed by atoms with Crippen LogP contribution < -0.4 is 10.5 Å². The number of aryl methyl sites for hydroxylation is 1. The summed E-state index contributed by atoms with van der Waals surface area (Å²) in [6.07, 6.45) is 0. The molecule has 2 aromatic rings. The van der Waals surface area contributed by atoms with Crippen molar-refractivity contribution in [3.63, 3.8) is 0 Å². The topological polar surface area (TPSA) is 85.1 Å². The van der Waals surface area contributed by atoms with Crippen LogP contribution in [0.15, 0.2) is 22.4 Å². The molecule has 0 unspecified atom stereocenters. The first-order valence-electron chi connectivity index (χ1n) is 5.30. The molecule has 2 rings (SSSR count). The Labute approximate surface area is 114 Å². The summed E-state index contributed by atoms with van der Waals surface area (Å²) in [7, 11) is -3.90. The zero-order valence-corrected chi connectivity index (χ0v) is 11.9. The first-order chi connectivity index (χ1) is 8.79. The standard InChI is InChI=1S/C11H12FN3O2S2/c1-6-5-18-11(14-6)15-19(16,17)10-4-8(13)3-9(12)7(10)2/h3-5H,13H2,1-2H3,(H,14,15). The second kappa shape index (κ2) is 4.78. The van der Waals surface area contributed by atoms with Crippen molar-refractivity contribution in [2.24, 2.45) is 0 Å². The molecule has 1 aromatic carbocycles. The molecular formula is C11H12FN3O2S2. The van der Waals surface area contributed by atoms with E-state index in [4.69, 9.17) is 5.73 Å². The Morgan fingerprint density at radius 1 is 1.37 bits per heavy atom. The molecule has 0 saturated heterocycles. The van der Waals surface area contributed by atoms with E-state index in [2.05, 4.69) is 9.71 Å². The van der Waals surface area contributed by atoms with E-state index in [0.29, 0.717) is 5.69 Å². The van der Waals surface area contributed by atoms with Gasteiger partial charge in [0.05, 0.1) is 10.6 Å². The molecule has 5 nitrogen and oxygen atoms in total. The predicted molar refractivity (Wildman–Crippen MR) is 73.2 cm³/mol. The van der Waals surface area contributed by atoms with Gasteiger partial charge in [0.25, 0.3) is 10.0 Å². The van der Waals surface area contributed by atoms with Crippen LogP contribution in [0.5, 0.6) is 0 Å². The zero-order valence-electron chi connectivity index (χ0n) is 10.3. The molecule has 1 aromatic heterocycles. The average molecular weight is 301 g/mol. The van der Waals surface area contributed by atoms with Gasteiger partial charge in [-0.15, -0.1) is 11.3 Å². The van der Waals surface area contributed by atoms with Gasteiger partial charge in [0, 0.05) is 16.6 Å². The Hall–Kier alpha value is -1.67. The lowest BCUT2D eigenvalue weighted by Crippen LogP contribution is -2.15. The molecule has 0 radical (unpaired) electrons. The van der Waals surface area contributed by atoms with Gasteiger partial charge in [0.15, 0.2) is 5.13 Å². The molecule has 19 heavy (non-hydrogen) atoms. The van der Waals surface area contributed by atoms with Crippen molar-refractivity contribution in [3.8, 4) is 0 Å². The van der Waals surface area contributed by atoms with Gasteiger partial charge in [0.2, 0.25) is 0 Å². The number of halogens is 1. The first-order valence-corrected chi connectivity index (χ1v) is 7.66. The number of nitrogen functional groups attached to an aromatic ring is 1. The number of aromatic nitrogens is 1. The maximum absolute atomic E-state index is 13.5. The van der Waals surface area contributed by atoms with E-state index in [1.54, 1.807) is 12.3 Å². The normalized spacial score (nSPS) is 11.5. The number of nitrogens with two attached hydrogens (primary N) is 1. The number of sulfonamides is 1. The van der Waals surface area contributed by atoms with Gasteiger partial charge in [-0.1, -0.05) is 0 Å². The van der Waals surface area contributed by atoms with Crippen molar-refractivity contribution in [2.45, 2.75) is 18.7 Å². The summed E-state index contributed by atoms with van der Waals surface area (Å²) >= 11 is 1.16. The Morgan fingerprint density at radius 3 is 2.63 bits per heavy atom. The summed E-state index contributed by atoms with van der Waals surface area (Å²) < 4.78 is 40.2. The zero-order chi connectivity index (χ0) is 14.2. The molecule has 0 aliphatic heterocycles. The summed E-state index contributed by atoms with van der Waals surface area (Å²) in [4.78, 5) is 3.82. The first kappa shape index (κ1) is 13.8. The van der Waals surface area contributed by atoms with Crippen molar-refractivity contribution >= 4 is 32.2 Å². The maximum Gasteiger partial charge on any atom is 0.264 e. The Balaban J connectivity index is 2.45. The van der Waals surface area contributed by atoms with Gasteiger partial charge in [-0.05, 0) is 26.0 Å². The highest BCUT2D eigenvalue weighted by Crippen LogP contribution is 2.25. The Bertz CT molecular complexity index is 726. The summed E-state index contributed by atoms with van der Waals surface area (Å²) in [5, 5.41) is 1.95. The highest BCUT2D eigenvalue weighted by molar-refractivity contribution is 7.93. The van der Waals surface area contributed by atoms with Crippen LogP contribution in [0.25, 0.3) is 0 Å². The number of rotatable bonds is 3. The molecule has 0 amide bonds. The van der Waals surface area contributed by atoms with E-state index < -0.39 is 15.8 Å². The molecule has 0 fully saturated rings. The van der Waals surface area contributed by atoms with Crippen molar-refractivity contribution in [2.75, 3.05) is 10.5 Å². The van der Waals surface area contributed by atoms with Crippen molar-refractivity contribution in [1.82, 2.24) is 4.98 Å². The average Bonchev–Trinajstić information content (AvgIpc) is 2.68.